The second-order valence-electron chi connectivity index (χ2n) is 5.55. The van der Waals surface area contributed by atoms with Gasteiger partial charge in [-0.05, 0) is 47.3 Å². The summed E-state index contributed by atoms with van der Waals surface area (Å²) in [6.07, 6.45) is 1.91. The maximum absolute atomic E-state index is 12.1. The fourth-order valence-corrected chi connectivity index (χ4v) is 1.79. The number of hydrogen-bond acceptors (Lipinski definition) is 5. The molecule has 0 aliphatic carbocycles. The third-order valence-corrected chi connectivity index (χ3v) is 3.15. The molecule has 1 atom stereocenters. The lowest BCUT2D eigenvalue weighted by Crippen LogP contribution is -2.32. The zero-order valence-electron chi connectivity index (χ0n) is 13.7. The number of rotatable bonds is 8. The van der Waals surface area contributed by atoms with Crippen LogP contribution in [0.1, 0.15) is 43.0 Å². The van der Waals surface area contributed by atoms with Gasteiger partial charge in [0, 0.05) is 18.7 Å². The predicted molar refractivity (Wildman–Crippen MR) is 85.6 cm³/mol. The van der Waals surface area contributed by atoms with Gasteiger partial charge >= 0.3 is 0 Å². The first-order chi connectivity index (χ1) is 9.92. The van der Waals surface area contributed by atoms with Crippen LogP contribution in [0.15, 0.2) is 6.07 Å². The molecule has 6 nitrogen and oxygen atoms in total. The van der Waals surface area contributed by atoms with E-state index in [0.29, 0.717) is 17.3 Å². The molecule has 0 spiro atoms. The number of aromatic nitrogens is 2. The maximum atomic E-state index is 12.1. The maximum Gasteiger partial charge on any atom is 0.270 e. The van der Waals surface area contributed by atoms with E-state index >= 15 is 0 Å². The van der Waals surface area contributed by atoms with Gasteiger partial charge in [-0.3, -0.25) is 4.79 Å². The molecule has 0 saturated heterocycles. The Morgan fingerprint density at radius 2 is 2.10 bits per heavy atom. The third-order valence-electron chi connectivity index (χ3n) is 3.15. The van der Waals surface area contributed by atoms with Crippen LogP contribution in [0.25, 0.3) is 0 Å². The van der Waals surface area contributed by atoms with E-state index in [9.17, 15) is 4.79 Å². The molecular weight excluding hydrogens is 266 g/mol. The fourth-order valence-electron chi connectivity index (χ4n) is 1.79. The molecule has 0 aromatic carbocycles. The summed E-state index contributed by atoms with van der Waals surface area (Å²) in [4.78, 5) is 22.8. The van der Waals surface area contributed by atoms with Gasteiger partial charge in [-0.2, -0.15) is 0 Å². The van der Waals surface area contributed by atoms with E-state index in [2.05, 4.69) is 25.5 Å². The number of amides is 1. The lowest BCUT2D eigenvalue weighted by molar-refractivity contribution is 0.0934. The minimum Gasteiger partial charge on any atom is -0.370 e. The van der Waals surface area contributed by atoms with Crippen LogP contribution in [0.4, 0.5) is 5.82 Å². The number of aryl methyl sites for hydroxylation is 1. The fraction of sp³-hybridized carbons (Fsp3) is 0.667. The van der Waals surface area contributed by atoms with Crippen molar-refractivity contribution in [3.05, 3.63) is 17.6 Å². The summed E-state index contributed by atoms with van der Waals surface area (Å²) in [7, 11) is 4.10. The molecular formula is C15H27N5O. The molecule has 118 valence electrons. The molecule has 21 heavy (non-hydrogen) atoms. The first-order valence-corrected chi connectivity index (χ1v) is 7.47. The van der Waals surface area contributed by atoms with E-state index in [1.165, 1.54) is 0 Å². The molecule has 0 aliphatic rings. The van der Waals surface area contributed by atoms with Crippen LogP contribution in [-0.2, 0) is 0 Å². The predicted octanol–water partition coefficient (Wildman–Crippen LogP) is 1.68. The highest BCUT2D eigenvalue weighted by Crippen LogP contribution is 2.07. The van der Waals surface area contributed by atoms with Gasteiger partial charge in [0.25, 0.3) is 5.91 Å². The highest BCUT2D eigenvalue weighted by Gasteiger charge is 2.12. The van der Waals surface area contributed by atoms with Crippen molar-refractivity contribution in [2.24, 2.45) is 0 Å². The van der Waals surface area contributed by atoms with Crippen molar-refractivity contribution in [1.82, 2.24) is 20.2 Å². The standard InChI is InChI=1S/C15H27N5O/c1-6-11(2)17-15(21)13-10-14(19-12(3)18-13)16-8-7-9-20(4)5/h10-11H,6-9H2,1-5H3,(H,17,21)(H,16,18,19). The van der Waals surface area contributed by atoms with E-state index in [-0.39, 0.29) is 11.9 Å². The molecule has 6 heteroatoms. The number of hydrogen-bond donors (Lipinski definition) is 2. The molecule has 0 fully saturated rings. The van der Waals surface area contributed by atoms with Crippen LogP contribution in [0.3, 0.4) is 0 Å². The SMILES string of the molecule is CCC(C)NC(=O)c1cc(NCCCN(C)C)nc(C)n1. The van der Waals surface area contributed by atoms with Crippen LogP contribution < -0.4 is 10.6 Å². The van der Waals surface area contributed by atoms with Crippen molar-refractivity contribution in [3.8, 4) is 0 Å². The van der Waals surface area contributed by atoms with Crippen molar-refractivity contribution in [1.29, 1.82) is 0 Å². The molecule has 1 rings (SSSR count). The van der Waals surface area contributed by atoms with E-state index in [1.54, 1.807) is 13.0 Å². The smallest absolute Gasteiger partial charge is 0.270 e. The highest BCUT2D eigenvalue weighted by atomic mass is 16.1. The zero-order valence-corrected chi connectivity index (χ0v) is 13.7. The minimum absolute atomic E-state index is 0.143. The van der Waals surface area contributed by atoms with Gasteiger partial charge in [0.15, 0.2) is 0 Å². The van der Waals surface area contributed by atoms with Crippen molar-refractivity contribution >= 4 is 11.7 Å². The van der Waals surface area contributed by atoms with Crippen LogP contribution >= 0.6 is 0 Å². The van der Waals surface area contributed by atoms with E-state index in [1.807, 2.05) is 27.9 Å². The second kappa shape index (κ2) is 8.56. The Morgan fingerprint density at radius 1 is 1.38 bits per heavy atom. The molecule has 1 aromatic rings. The number of carbonyl (C=O) groups is 1. The Labute approximate surface area is 127 Å². The average Bonchev–Trinajstić information content (AvgIpc) is 2.42. The van der Waals surface area contributed by atoms with Crippen molar-refractivity contribution < 1.29 is 4.79 Å². The average molecular weight is 293 g/mol. The molecule has 0 radical (unpaired) electrons. The molecule has 1 heterocycles. The van der Waals surface area contributed by atoms with Crippen LogP contribution in [0, 0.1) is 6.92 Å². The molecule has 1 aromatic heterocycles. The van der Waals surface area contributed by atoms with E-state index in [4.69, 9.17) is 0 Å². The van der Waals surface area contributed by atoms with Gasteiger partial charge in [0.05, 0.1) is 0 Å². The number of carbonyl (C=O) groups excluding carboxylic acids is 1. The summed E-state index contributed by atoms with van der Waals surface area (Å²) >= 11 is 0. The molecule has 0 aliphatic heterocycles. The van der Waals surface area contributed by atoms with Crippen LogP contribution in [0.2, 0.25) is 0 Å². The minimum atomic E-state index is -0.147. The van der Waals surface area contributed by atoms with Gasteiger partial charge in [-0.15, -0.1) is 0 Å². The first kappa shape index (κ1) is 17.4. The quantitative estimate of drug-likeness (QED) is 0.714. The largest absolute Gasteiger partial charge is 0.370 e. The van der Waals surface area contributed by atoms with Crippen molar-refractivity contribution in [2.45, 2.75) is 39.7 Å². The molecule has 1 amide bonds. The summed E-state index contributed by atoms with van der Waals surface area (Å²) in [5.74, 6) is 1.16. The third kappa shape index (κ3) is 6.53. The van der Waals surface area contributed by atoms with Crippen molar-refractivity contribution in [3.63, 3.8) is 0 Å². The Morgan fingerprint density at radius 3 is 2.71 bits per heavy atom. The Kier molecular flexibility index (Phi) is 7.08. The Hall–Kier alpha value is -1.69. The number of nitrogens with zero attached hydrogens (tertiary/aromatic N) is 3. The first-order valence-electron chi connectivity index (χ1n) is 7.47. The molecule has 1 unspecified atom stereocenters. The van der Waals surface area contributed by atoms with E-state index in [0.717, 1.165) is 25.9 Å². The molecule has 0 bridgehead atoms. The van der Waals surface area contributed by atoms with Gasteiger partial charge in [0.2, 0.25) is 0 Å². The van der Waals surface area contributed by atoms with Gasteiger partial charge in [-0.25, -0.2) is 9.97 Å². The summed E-state index contributed by atoms with van der Waals surface area (Å²) in [6, 6.07) is 1.85. The highest BCUT2D eigenvalue weighted by molar-refractivity contribution is 5.93. The molecule has 0 saturated carbocycles. The summed E-state index contributed by atoms with van der Waals surface area (Å²) in [5, 5.41) is 6.16. The Balaban J connectivity index is 2.64. The summed E-state index contributed by atoms with van der Waals surface area (Å²) in [5.41, 5.74) is 0.415. The zero-order chi connectivity index (χ0) is 15.8. The monoisotopic (exact) mass is 293 g/mol. The van der Waals surface area contributed by atoms with Gasteiger partial charge < -0.3 is 15.5 Å². The van der Waals surface area contributed by atoms with Gasteiger partial charge in [-0.1, -0.05) is 6.92 Å². The van der Waals surface area contributed by atoms with Gasteiger partial charge in [0.1, 0.15) is 17.3 Å². The van der Waals surface area contributed by atoms with Crippen molar-refractivity contribution in [2.75, 3.05) is 32.5 Å². The lowest BCUT2D eigenvalue weighted by Gasteiger charge is -2.13. The summed E-state index contributed by atoms with van der Waals surface area (Å²) < 4.78 is 0. The van der Waals surface area contributed by atoms with E-state index < -0.39 is 0 Å². The Bertz CT molecular complexity index is 461. The lowest BCUT2D eigenvalue weighted by atomic mass is 10.2. The normalized spacial score (nSPS) is 12.3. The number of anilines is 1. The molecule has 2 N–H and O–H groups in total. The van der Waals surface area contributed by atoms with Crippen LogP contribution in [-0.4, -0.2) is 54.0 Å². The second-order valence-corrected chi connectivity index (χ2v) is 5.55. The van der Waals surface area contributed by atoms with Crippen LogP contribution in [0.5, 0.6) is 0 Å². The number of nitrogens with one attached hydrogen (secondary N) is 2. The topological polar surface area (TPSA) is 70.2 Å². The summed E-state index contributed by atoms with van der Waals surface area (Å²) in [6.45, 7) is 7.64.